The number of ether oxygens (including phenoxy) is 1. The molecule has 0 bridgehead atoms. The zero-order valence-electron chi connectivity index (χ0n) is 14.1. The number of carbonyl (C=O) groups is 1. The van der Waals surface area contributed by atoms with E-state index in [1.54, 1.807) is 0 Å². The Balaban J connectivity index is 3.11. The highest BCUT2D eigenvalue weighted by molar-refractivity contribution is 7.89. The van der Waals surface area contributed by atoms with E-state index in [1.165, 1.54) is 26.3 Å². The standard InChI is InChI=1S/C15H22N2O6S/c1-11(2)9-13(10-15(18)23-4)16(3)24(21,22)14-7-5-12(6-8-14)17(19)20/h5-8,11,13H,9-10H2,1-4H3/t13-/m0/s1. The topological polar surface area (TPSA) is 107 Å². The molecule has 0 aliphatic heterocycles. The predicted molar refractivity (Wildman–Crippen MR) is 87.9 cm³/mol. The number of esters is 1. The molecule has 1 aromatic rings. The van der Waals surface area contributed by atoms with Gasteiger partial charge in [0, 0.05) is 25.2 Å². The van der Waals surface area contributed by atoms with E-state index in [1.807, 2.05) is 13.8 Å². The molecular weight excluding hydrogens is 336 g/mol. The van der Waals surface area contributed by atoms with E-state index in [9.17, 15) is 23.3 Å². The Morgan fingerprint density at radius 1 is 1.29 bits per heavy atom. The highest BCUT2D eigenvalue weighted by Crippen LogP contribution is 2.24. The van der Waals surface area contributed by atoms with Crippen molar-refractivity contribution in [3.05, 3.63) is 34.4 Å². The lowest BCUT2D eigenvalue weighted by molar-refractivity contribution is -0.384. The Morgan fingerprint density at radius 2 is 1.83 bits per heavy atom. The number of benzene rings is 1. The first-order chi connectivity index (χ1) is 11.1. The van der Waals surface area contributed by atoms with Gasteiger partial charge >= 0.3 is 5.97 Å². The second-order valence-corrected chi connectivity index (χ2v) is 7.83. The Kier molecular flexibility index (Phi) is 6.85. The van der Waals surface area contributed by atoms with Gasteiger partial charge in [0.15, 0.2) is 0 Å². The first kappa shape index (κ1) is 20.0. The summed E-state index contributed by atoms with van der Waals surface area (Å²) in [5, 5.41) is 10.7. The Morgan fingerprint density at radius 3 is 2.25 bits per heavy atom. The molecular formula is C15H22N2O6S. The van der Waals surface area contributed by atoms with Crippen LogP contribution >= 0.6 is 0 Å². The maximum Gasteiger partial charge on any atom is 0.307 e. The molecule has 9 heteroatoms. The van der Waals surface area contributed by atoms with Gasteiger partial charge < -0.3 is 4.74 Å². The quantitative estimate of drug-likeness (QED) is 0.400. The van der Waals surface area contributed by atoms with Gasteiger partial charge in [-0.3, -0.25) is 14.9 Å². The largest absolute Gasteiger partial charge is 0.469 e. The maximum absolute atomic E-state index is 12.7. The number of rotatable bonds is 8. The van der Waals surface area contributed by atoms with Crippen LogP contribution in [0.5, 0.6) is 0 Å². The van der Waals surface area contributed by atoms with E-state index in [4.69, 9.17) is 0 Å². The molecule has 0 saturated heterocycles. The van der Waals surface area contributed by atoms with E-state index in [2.05, 4.69) is 4.74 Å². The van der Waals surface area contributed by atoms with Crippen LogP contribution in [0.15, 0.2) is 29.2 Å². The van der Waals surface area contributed by atoms with Crippen molar-refractivity contribution in [1.82, 2.24) is 4.31 Å². The molecule has 24 heavy (non-hydrogen) atoms. The summed E-state index contributed by atoms with van der Waals surface area (Å²) >= 11 is 0. The van der Waals surface area contributed by atoms with E-state index in [0.717, 1.165) is 16.4 Å². The fraction of sp³-hybridized carbons (Fsp3) is 0.533. The molecule has 0 heterocycles. The lowest BCUT2D eigenvalue weighted by atomic mass is 10.0. The van der Waals surface area contributed by atoms with Crippen molar-refractivity contribution in [3.8, 4) is 0 Å². The minimum absolute atomic E-state index is 0.0581. The monoisotopic (exact) mass is 358 g/mol. The molecule has 1 aromatic carbocycles. The van der Waals surface area contributed by atoms with Crippen LogP contribution in [-0.2, 0) is 19.6 Å². The van der Waals surface area contributed by atoms with Gasteiger partial charge in [0.25, 0.3) is 5.69 Å². The minimum atomic E-state index is -3.88. The van der Waals surface area contributed by atoms with Crippen LogP contribution in [0.25, 0.3) is 0 Å². The third-order valence-electron chi connectivity index (χ3n) is 3.61. The summed E-state index contributed by atoms with van der Waals surface area (Å²) in [6.45, 7) is 3.85. The summed E-state index contributed by atoms with van der Waals surface area (Å²) in [7, 11) is -1.23. The van der Waals surface area contributed by atoms with Crippen molar-refractivity contribution < 1.29 is 22.9 Å². The molecule has 0 aliphatic rings. The maximum atomic E-state index is 12.7. The normalized spacial score (nSPS) is 13.1. The van der Waals surface area contributed by atoms with E-state index in [-0.39, 0.29) is 22.9 Å². The summed E-state index contributed by atoms with van der Waals surface area (Å²) in [5.41, 5.74) is -0.190. The molecule has 1 atom stereocenters. The van der Waals surface area contributed by atoms with Crippen LogP contribution in [0.4, 0.5) is 5.69 Å². The molecule has 0 radical (unpaired) electrons. The molecule has 8 nitrogen and oxygen atoms in total. The van der Waals surface area contributed by atoms with Crippen LogP contribution in [-0.4, -0.2) is 43.8 Å². The Bertz CT molecular complexity index is 684. The second-order valence-electron chi connectivity index (χ2n) is 5.84. The summed E-state index contributed by atoms with van der Waals surface area (Å²) in [6, 6.07) is 4.10. The number of carbonyl (C=O) groups excluding carboxylic acids is 1. The van der Waals surface area contributed by atoms with Crippen molar-refractivity contribution in [2.75, 3.05) is 14.2 Å². The SMILES string of the molecule is COC(=O)C[C@H](CC(C)C)N(C)S(=O)(=O)c1ccc([N+](=O)[O-])cc1. The van der Waals surface area contributed by atoms with Crippen LogP contribution in [0.1, 0.15) is 26.7 Å². The molecule has 0 aliphatic carbocycles. The Hall–Kier alpha value is -2.00. The van der Waals surface area contributed by atoms with Crippen molar-refractivity contribution >= 4 is 21.7 Å². The van der Waals surface area contributed by atoms with Gasteiger partial charge in [-0.05, 0) is 24.5 Å². The van der Waals surface area contributed by atoms with Gasteiger partial charge in [-0.2, -0.15) is 4.31 Å². The molecule has 0 fully saturated rings. The number of nitro benzene ring substituents is 1. The molecule has 0 saturated carbocycles. The highest BCUT2D eigenvalue weighted by atomic mass is 32.2. The molecule has 0 spiro atoms. The molecule has 0 aromatic heterocycles. The number of nitro groups is 1. The van der Waals surface area contributed by atoms with Crippen molar-refractivity contribution in [2.24, 2.45) is 5.92 Å². The van der Waals surface area contributed by atoms with Gasteiger partial charge in [0.05, 0.1) is 23.3 Å². The molecule has 1 rings (SSSR count). The smallest absolute Gasteiger partial charge is 0.307 e. The van der Waals surface area contributed by atoms with Gasteiger partial charge in [-0.25, -0.2) is 8.42 Å². The van der Waals surface area contributed by atoms with Crippen molar-refractivity contribution in [3.63, 3.8) is 0 Å². The fourth-order valence-electron chi connectivity index (χ4n) is 2.28. The van der Waals surface area contributed by atoms with Crippen LogP contribution in [0.2, 0.25) is 0 Å². The van der Waals surface area contributed by atoms with Crippen LogP contribution < -0.4 is 0 Å². The number of methoxy groups -OCH3 is 1. The van der Waals surface area contributed by atoms with E-state index >= 15 is 0 Å². The number of sulfonamides is 1. The van der Waals surface area contributed by atoms with Crippen LogP contribution in [0.3, 0.4) is 0 Å². The average Bonchev–Trinajstić information content (AvgIpc) is 2.52. The van der Waals surface area contributed by atoms with Crippen molar-refractivity contribution in [1.29, 1.82) is 0 Å². The zero-order valence-corrected chi connectivity index (χ0v) is 14.9. The molecule has 0 amide bonds. The van der Waals surface area contributed by atoms with Crippen molar-refractivity contribution in [2.45, 2.75) is 37.6 Å². The second kappa shape index (κ2) is 8.20. The minimum Gasteiger partial charge on any atom is -0.469 e. The number of nitrogens with zero attached hydrogens (tertiary/aromatic N) is 2. The fourth-order valence-corrected chi connectivity index (χ4v) is 3.65. The molecule has 134 valence electrons. The molecule has 0 unspecified atom stereocenters. The first-order valence-electron chi connectivity index (χ1n) is 7.39. The number of non-ortho nitro benzene ring substituents is 1. The van der Waals surface area contributed by atoms with Crippen LogP contribution in [0, 0.1) is 16.0 Å². The third-order valence-corrected chi connectivity index (χ3v) is 5.54. The number of hydrogen-bond donors (Lipinski definition) is 0. The van der Waals surface area contributed by atoms with E-state index < -0.39 is 27.0 Å². The summed E-state index contributed by atoms with van der Waals surface area (Å²) in [4.78, 5) is 21.6. The summed E-state index contributed by atoms with van der Waals surface area (Å²) in [6.07, 6.45) is 0.426. The predicted octanol–water partition coefficient (Wildman–Crippen LogP) is 2.19. The lowest BCUT2D eigenvalue weighted by Crippen LogP contribution is -2.39. The Labute approximate surface area is 141 Å². The first-order valence-corrected chi connectivity index (χ1v) is 8.83. The van der Waals surface area contributed by atoms with Gasteiger partial charge in [0.1, 0.15) is 0 Å². The molecule has 0 N–H and O–H groups in total. The lowest BCUT2D eigenvalue weighted by Gasteiger charge is -2.28. The van der Waals surface area contributed by atoms with Gasteiger partial charge in [-0.1, -0.05) is 13.8 Å². The summed E-state index contributed by atoms with van der Waals surface area (Å²) in [5.74, 6) is -0.319. The third kappa shape index (κ3) is 5.00. The van der Waals surface area contributed by atoms with Gasteiger partial charge in [0.2, 0.25) is 10.0 Å². The van der Waals surface area contributed by atoms with Gasteiger partial charge in [-0.15, -0.1) is 0 Å². The number of hydrogen-bond acceptors (Lipinski definition) is 6. The highest BCUT2D eigenvalue weighted by Gasteiger charge is 2.30. The average molecular weight is 358 g/mol. The van der Waals surface area contributed by atoms with E-state index in [0.29, 0.717) is 6.42 Å². The zero-order chi connectivity index (χ0) is 18.5. The summed E-state index contributed by atoms with van der Waals surface area (Å²) < 4.78 is 31.2.